The first-order chi connectivity index (χ1) is 11.8. The summed E-state index contributed by atoms with van der Waals surface area (Å²) in [6.45, 7) is 10.4. The van der Waals surface area contributed by atoms with Gasteiger partial charge in [0.05, 0.1) is 10.9 Å². The molecule has 2 aromatic carbocycles. The van der Waals surface area contributed by atoms with Crippen molar-refractivity contribution in [3.8, 4) is 11.3 Å². The zero-order chi connectivity index (χ0) is 18.3. The molecule has 0 N–H and O–H groups in total. The Morgan fingerprint density at radius 3 is 2.44 bits per heavy atom. The van der Waals surface area contributed by atoms with Crippen LogP contribution in [0.15, 0.2) is 36.5 Å². The Labute approximate surface area is 150 Å². The van der Waals surface area contributed by atoms with E-state index in [9.17, 15) is 0 Å². The first-order valence-electron chi connectivity index (χ1n) is 9.04. The second-order valence-electron chi connectivity index (χ2n) is 7.26. The summed E-state index contributed by atoms with van der Waals surface area (Å²) in [5, 5.41) is 2.27. The van der Waals surface area contributed by atoms with Crippen molar-refractivity contribution < 1.29 is 8.96 Å². The van der Waals surface area contributed by atoms with Crippen molar-refractivity contribution in [1.29, 1.82) is 0 Å². The number of halogens is 1. The monoisotopic (exact) mass is 336 g/mol. The van der Waals surface area contributed by atoms with E-state index in [2.05, 4.69) is 45.0 Å². The summed E-state index contributed by atoms with van der Waals surface area (Å²) in [4.78, 5) is 0. The molecular formula is C23H27FN+. The van der Waals surface area contributed by atoms with Crippen LogP contribution in [-0.4, -0.2) is 0 Å². The van der Waals surface area contributed by atoms with Gasteiger partial charge in [-0.25, -0.2) is 8.96 Å². The fourth-order valence-corrected chi connectivity index (χ4v) is 3.58. The van der Waals surface area contributed by atoms with E-state index in [0.29, 0.717) is 11.5 Å². The third-order valence-corrected chi connectivity index (χ3v) is 5.54. The van der Waals surface area contributed by atoms with E-state index < -0.39 is 0 Å². The van der Waals surface area contributed by atoms with E-state index >= 15 is 4.39 Å². The molecule has 0 aliphatic heterocycles. The van der Waals surface area contributed by atoms with Crippen LogP contribution in [0.4, 0.5) is 4.39 Å². The Balaban J connectivity index is 2.36. The highest BCUT2D eigenvalue weighted by molar-refractivity contribution is 5.94. The van der Waals surface area contributed by atoms with Gasteiger partial charge in [-0.1, -0.05) is 32.0 Å². The summed E-state index contributed by atoms with van der Waals surface area (Å²) in [6.07, 6.45) is 3.15. The van der Waals surface area contributed by atoms with Crippen molar-refractivity contribution in [2.45, 2.75) is 47.0 Å². The van der Waals surface area contributed by atoms with Gasteiger partial charge in [-0.05, 0) is 66.8 Å². The molecule has 0 aliphatic carbocycles. The largest absolute Gasteiger partial charge is 0.223 e. The van der Waals surface area contributed by atoms with Crippen molar-refractivity contribution in [3.63, 3.8) is 0 Å². The Bertz CT molecular complexity index is 930. The number of hydrogen-bond donors (Lipinski definition) is 0. The fraction of sp³-hybridized carbons (Fsp3) is 0.348. The highest BCUT2D eigenvalue weighted by Gasteiger charge is 2.23. The third kappa shape index (κ3) is 2.95. The number of nitrogens with zero attached hydrogens (tertiary/aromatic N) is 1. The molecule has 0 aliphatic rings. The van der Waals surface area contributed by atoms with Crippen molar-refractivity contribution in [2.75, 3.05) is 0 Å². The predicted molar refractivity (Wildman–Crippen MR) is 103 cm³/mol. The third-order valence-electron chi connectivity index (χ3n) is 5.54. The van der Waals surface area contributed by atoms with Crippen LogP contribution in [0.3, 0.4) is 0 Å². The van der Waals surface area contributed by atoms with Gasteiger partial charge in [-0.2, -0.15) is 0 Å². The smallest absolute Gasteiger partial charge is 0.206 e. The van der Waals surface area contributed by atoms with E-state index in [4.69, 9.17) is 0 Å². The highest BCUT2D eigenvalue weighted by Crippen LogP contribution is 2.34. The molecule has 2 heteroatoms. The molecule has 0 radical (unpaired) electrons. The molecule has 1 nitrogen and oxygen atoms in total. The first kappa shape index (κ1) is 17.6. The van der Waals surface area contributed by atoms with Crippen LogP contribution in [-0.2, 0) is 7.05 Å². The van der Waals surface area contributed by atoms with E-state index in [1.807, 2.05) is 37.7 Å². The van der Waals surface area contributed by atoms with E-state index in [0.717, 1.165) is 34.2 Å². The Kier molecular flexibility index (Phi) is 4.64. The van der Waals surface area contributed by atoms with Gasteiger partial charge in [0, 0.05) is 6.07 Å². The SMILES string of the molecule is CCC(C)c1ccc2c(-c3c(C)c(C)cc(C)c3F)[n+](C)ccc2c1. The van der Waals surface area contributed by atoms with Gasteiger partial charge in [0.15, 0.2) is 6.20 Å². The first-order valence-corrected chi connectivity index (χ1v) is 9.04. The molecule has 0 saturated carbocycles. The van der Waals surface area contributed by atoms with Crippen LogP contribution in [0.25, 0.3) is 22.0 Å². The maximum absolute atomic E-state index is 15.1. The molecule has 0 fully saturated rings. The molecule has 0 saturated heterocycles. The van der Waals surface area contributed by atoms with Gasteiger partial charge in [0.2, 0.25) is 5.69 Å². The number of aromatic nitrogens is 1. The van der Waals surface area contributed by atoms with Gasteiger partial charge >= 0.3 is 0 Å². The topological polar surface area (TPSA) is 3.88 Å². The van der Waals surface area contributed by atoms with Gasteiger partial charge in [0.1, 0.15) is 12.9 Å². The Morgan fingerprint density at radius 2 is 1.76 bits per heavy atom. The van der Waals surface area contributed by atoms with Gasteiger partial charge < -0.3 is 0 Å². The summed E-state index contributed by atoms with van der Waals surface area (Å²) < 4.78 is 17.1. The summed E-state index contributed by atoms with van der Waals surface area (Å²) in [6, 6.07) is 10.7. The number of aryl methyl sites for hydroxylation is 3. The standard InChI is InChI=1S/C23H27FN/c1-7-14(2)18-8-9-20-19(13-18)10-11-25(6)23(20)21-17(5)15(3)12-16(4)22(21)24/h8-14H,7H2,1-6H3/q+1. The molecule has 0 bridgehead atoms. The second kappa shape index (κ2) is 6.59. The number of rotatable bonds is 3. The minimum atomic E-state index is -0.114. The summed E-state index contributed by atoms with van der Waals surface area (Å²) in [5.74, 6) is 0.415. The van der Waals surface area contributed by atoms with Gasteiger partial charge in [-0.15, -0.1) is 0 Å². The Hall–Kier alpha value is -2.22. The van der Waals surface area contributed by atoms with Crippen molar-refractivity contribution in [1.82, 2.24) is 0 Å². The average molecular weight is 336 g/mol. The van der Waals surface area contributed by atoms with E-state index in [1.165, 1.54) is 10.9 Å². The summed E-state index contributed by atoms with van der Waals surface area (Å²) in [5.41, 5.74) is 5.86. The van der Waals surface area contributed by atoms with Gasteiger partial charge in [-0.3, -0.25) is 0 Å². The lowest BCUT2D eigenvalue weighted by atomic mass is 9.91. The van der Waals surface area contributed by atoms with Crippen LogP contribution in [0.2, 0.25) is 0 Å². The number of benzene rings is 2. The quantitative estimate of drug-likeness (QED) is 0.524. The second-order valence-corrected chi connectivity index (χ2v) is 7.26. The molecule has 3 aromatic rings. The lowest BCUT2D eigenvalue weighted by molar-refractivity contribution is -0.659. The average Bonchev–Trinajstić information content (AvgIpc) is 2.60. The van der Waals surface area contributed by atoms with Crippen molar-refractivity contribution in [2.24, 2.45) is 7.05 Å². The fourth-order valence-electron chi connectivity index (χ4n) is 3.58. The minimum absolute atomic E-state index is 0.114. The maximum Gasteiger partial charge on any atom is 0.223 e. The minimum Gasteiger partial charge on any atom is -0.206 e. The normalized spacial score (nSPS) is 12.6. The van der Waals surface area contributed by atoms with Crippen molar-refractivity contribution in [3.05, 3.63) is 64.6 Å². The molecule has 0 spiro atoms. The highest BCUT2D eigenvalue weighted by atomic mass is 19.1. The van der Waals surface area contributed by atoms with Crippen LogP contribution >= 0.6 is 0 Å². The number of fused-ring (bicyclic) bond motifs is 1. The molecule has 1 atom stereocenters. The van der Waals surface area contributed by atoms with Crippen LogP contribution in [0, 0.1) is 26.6 Å². The zero-order valence-corrected chi connectivity index (χ0v) is 16.1. The molecule has 25 heavy (non-hydrogen) atoms. The summed E-state index contributed by atoms with van der Waals surface area (Å²) >= 11 is 0. The summed E-state index contributed by atoms with van der Waals surface area (Å²) in [7, 11) is 1.99. The van der Waals surface area contributed by atoms with Gasteiger partial charge in [0.25, 0.3) is 0 Å². The molecule has 3 rings (SSSR count). The number of hydrogen-bond acceptors (Lipinski definition) is 0. The maximum atomic E-state index is 15.1. The van der Waals surface area contributed by atoms with Crippen LogP contribution in [0.5, 0.6) is 0 Å². The zero-order valence-electron chi connectivity index (χ0n) is 16.1. The van der Waals surface area contributed by atoms with Crippen LogP contribution in [0.1, 0.15) is 48.4 Å². The number of pyridine rings is 1. The lowest BCUT2D eigenvalue weighted by Crippen LogP contribution is -2.31. The molecule has 1 aromatic heterocycles. The molecule has 1 heterocycles. The molecule has 1 unspecified atom stereocenters. The van der Waals surface area contributed by atoms with E-state index in [1.54, 1.807) is 0 Å². The van der Waals surface area contributed by atoms with Crippen LogP contribution < -0.4 is 4.57 Å². The van der Waals surface area contributed by atoms with E-state index in [-0.39, 0.29) is 5.82 Å². The molecular weight excluding hydrogens is 309 g/mol. The predicted octanol–water partition coefficient (Wildman–Crippen LogP) is 5.91. The molecule has 130 valence electrons. The lowest BCUT2D eigenvalue weighted by Gasteiger charge is -2.14. The Morgan fingerprint density at radius 1 is 1.04 bits per heavy atom. The van der Waals surface area contributed by atoms with Crippen molar-refractivity contribution >= 4 is 10.8 Å². The molecule has 0 amide bonds.